The molecule has 0 unspecified atom stereocenters. The monoisotopic (exact) mass is 95.0 g/mol. The maximum atomic E-state index is 10.1. The summed E-state index contributed by atoms with van der Waals surface area (Å²) in [5.41, 5.74) is 0. The van der Waals surface area contributed by atoms with Crippen molar-refractivity contribution in [1.29, 1.82) is 0 Å². The van der Waals surface area contributed by atoms with Gasteiger partial charge < -0.3 is 0 Å². The van der Waals surface area contributed by atoms with E-state index in [0.717, 1.165) is 0 Å². The molecule has 0 saturated carbocycles. The number of hydrogen-bond donors (Lipinski definition) is 0. The third-order valence-electron chi connectivity index (χ3n) is 0.507. The molecular weight excluding hydrogens is 88.1 g/mol. The first-order valence-corrected chi connectivity index (χ1v) is 2.04. The summed E-state index contributed by atoms with van der Waals surface area (Å²) in [6, 6.07) is 0. The van der Waals surface area contributed by atoms with Crippen molar-refractivity contribution >= 4 is 5.78 Å². The zero-order valence-electron chi connectivity index (χ0n) is 4.27. The molecule has 37 valence electrons. The average Bonchev–Trinajstić information content (AvgIpc) is 1.61. The van der Waals surface area contributed by atoms with Gasteiger partial charge in [0, 0.05) is 12.8 Å². The maximum Gasteiger partial charge on any atom is 0.131 e. The van der Waals surface area contributed by atoms with E-state index < -0.39 is 0 Å². The summed E-state index contributed by atoms with van der Waals surface area (Å²) in [5, 5.41) is 0. The van der Waals surface area contributed by atoms with Gasteiger partial charge in [0.2, 0.25) is 0 Å². The molecule has 0 heterocycles. The summed E-state index contributed by atoms with van der Waals surface area (Å²) >= 11 is 0. The second kappa shape index (κ2) is 3.42. The Hall–Kier alpha value is -0.770. The van der Waals surface area contributed by atoms with E-state index in [-0.39, 0.29) is 5.78 Å². The van der Waals surface area contributed by atoms with Gasteiger partial charge in [-0.15, -0.1) is 12.3 Å². The van der Waals surface area contributed by atoms with Gasteiger partial charge in [-0.3, -0.25) is 4.79 Å². The molecular formula is C6H7O. The number of hydrogen-bond acceptors (Lipinski definition) is 1. The van der Waals surface area contributed by atoms with Crippen LogP contribution in [0.3, 0.4) is 0 Å². The van der Waals surface area contributed by atoms with E-state index in [1.54, 1.807) is 0 Å². The molecule has 1 radical (unpaired) electrons. The molecule has 0 fully saturated rings. The molecule has 0 atom stereocenters. The van der Waals surface area contributed by atoms with Crippen LogP contribution in [0.1, 0.15) is 13.3 Å². The molecule has 0 aromatic heterocycles. The number of rotatable bonds is 2. The Morgan fingerprint density at radius 1 is 2.00 bits per heavy atom. The van der Waals surface area contributed by atoms with E-state index in [0.29, 0.717) is 6.42 Å². The lowest BCUT2D eigenvalue weighted by Gasteiger charge is -1.80. The van der Waals surface area contributed by atoms with Crippen LogP contribution in [0.5, 0.6) is 0 Å². The van der Waals surface area contributed by atoms with Crippen LogP contribution in [0.2, 0.25) is 0 Å². The molecule has 0 N–H and O–H groups in total. The highest BCUT2D eigenvalue weighted by atomic mass is 16.1. The first-order valence-electron chi connectivity index (χ1n) is 2.04. The number of Topliss-reactive ketones (excluding diaryl/α,β-unsaturated/α-hetero) is 1. The van der Waals surface area contributed by atoms with Crippen LogP contribution in [-0.4, -0.2) is 5.78 Å². The summed E-state index contributed by atoms with van der Waals surface area (Å²) in [6.45, 7) is 1.51. The van der Waals surface area contributed by atoms with Crippen molar-refractivity contribution < 1.29 is 4.79 Å². The minimum atomic E-state index is 0.109. The van der Waals surface area contributed by atoms with Crippen molar-refractivity contribution in [3.05, 3.63) is 6.42 Å². The van der Waals surface area contributed by atoms with Crippen LogP contribution in [0.25, 0.3) is 0 Å². The Morgan fingerprint density at radius 3 is 2.71 bits per heavy atom. The summed E-state index contributed by atoms with van der Waals surface area (Å²) in [4.78, 5) is 10.1. The highest BCUT2D eigenvalue weighted by molar-refractivity contribution is 5.77. The first-order chi connectivity index (χ1) is 3.27. The number of terminal acetylenes is 1. The molecule has 0 aliphatic carbocycles. The van der Waals surface area contributed by atoms with Gasteiger partial charge in [0.1, 0.15) is 5.78 Å². The van der Waals surface area contributed by atoms with Crippen molar-refractivity contribution in [1.82, 2.24) is 0 Å². The quantitative estimate of drug-likeness (QED) is 0.464. The predicted octanol–water partition coefficient (Wildman–Crippen LogP) is 0.803. The molecule has 1 heteroatoms. The second-order valence-electron chi connectivity index (χ2n) is 1.28. The molecule has 0 aromatic carbocycles. The molecule has 0 aliphatic rings. The van der Waals surface area contributed by atoms with Crippen molar-refractivity contribution in [2.24, 2.45) is 0 Å². The minimum absolute atomic E-state index is 0.109. The highest BCUT2D eigenvalue weighted by Crippen LogP contribution is 1.83. The van der Waals surface area contributed by atoms with E-state index in [2.05, 4.69) is 5.92 Å². The normalized spacial score (nSPS) is 7.43. The largest absolute Gasteiger partial charge is 0.300 e. The van der Waals surface area contributed by atoms with E-state index in [4.69, 9.17) is 6.42 Å². The van der Waals surface area contributed by atoms with Gasteiger partial charge >= 0.3 is 0 Å². The third kappa shape index (κ3) is 5.23. The molecule has 1 nitrogen and oxygen atoms in total. The summed E-state index contributed by atoms with van der Waals surface area (Å²) in [6.07, 6.45) is 6.72. The van der Waals surface area contributed by atoms with Crippen LogP contribution < -0.4 is 0 Å². The van der Waals surface area contributed by atoms with Crippen LogP contribution in [0.4, 0.5) is 0 Å². The van der Waals surface area contributed by atoms with Gasteiger partial charge in [-0.25, -0.2) is 0 Å². The summed E-state index contributed by atoms with van der Waals surface area (Å²) in [7, 11) is 0. The molecule has 7 heavy (non-hydrogen) atoms. The second-order valence-corrected chi connectivity index (χ2v) is 1.28. The van der Waals surface area contributed by atoms with Crippen molar-refractivity contribution in [2.45, 2.75) is 13.3 Å². The SMILES string of the molecule is C#C[CH]CC(C)=O. The molecule has 0 spiro atoms. The average molecular weight is 95.1 g/mol. The van der Waals surface area contributed by atoms with Crippen LogP contribution in [-0.2, 0) is 4.79 Å². The minimum Gasteiger partial charge on any atom is -0.300 e. The fraction of sp³-hybridized carbons (Fsp3) is 0.333. The zero-order chi connectivity index (χ0) is 5.70. The van der Waals surface area contributed by atoms with E-state index in [9.17, 15) is 4.79 Å². The lowest BCUT2D eigenvalue weighted by atomic mass is 10.2. The van der Waals surface area contributed by atoms with Gasteiger partial charge in [-0.1, -0.05) is 0 Å². The topological polar surface area (TPSA) is 17.1 Å². The summed E-state index contributed by atoms with van der Waals surface area (Å²) < 4.78 is 0. The molecule has 0 aliphatic heterocycles. The Kier molecular flexibility index (Phi) is 3.04. The van der Waals surface area contributed by atoms with Crippen LogP contribution in [0, 0.1) is 18.8 Å². The Morgan fingerprint density at radius 2 is 2.57 bits per heavy atom. The fourth-order valence-corrected chi connectivity index (χ4v) is 0.203. The van der Waals surface area contributed by atoms with Gasteiger partial charge in [0.15, 0.2) is 0 Å². The number of carbonyl (C=O) groups is 1. The van der Waals surface area contributed by atoms with Crippen molar-refractivity contribution in [2.75, 3.05) is 0 Å². The van der Waals surface area contributed by atoms with E-state index in [1.165, 1.54) is 13.3 Å². The van der Waals surface area contributed by atoms with Crippen molar-refractivity contribution in [3.63, 3.8) is 0 Å². The third-order valence-corrected chi connectivity index (χ3v) is 0.507. The molecule has 0 amide bonds. The van der Waals surface area contributed by atoms with Crippen LogP contribution in [0.15, 0.2) is 0 Å². The van der Waals surface area contributed by atoms with Gasteiger partial charge in [0.05, 0.1) is 0 Å². The van der Waals surface area contributed by atoms with Gasteiger partial charge in [0.25, 0.3) is 0 Å². The molecule has 0 bridgehead atoms. The Labute approximate surface area is 43.7 Å². The molecule has 0 aromatic rings. The van der Waals surface area contributed by atoms with Crippen LogP contribution >= 0.6 is 0 Å². The lowest BCUT2D eigenvalue weighted by Crippen LogP contribution is -1.86. The smallest absolute Gasteiger partial charge is 0.131 e. The van der Waals surface area contributed by atoms with Gasteiger partial charge in [-0.2, -0.15) is 0 Å². The van der Waals surface area contributed by atoms with E-state index in [1.807, 2.05) is 0 Å². The zero-order valence-corrected chi connectivity index (χ0v) is 4.27. The number of carbonyl (C=O) groups excluding carboxylic acids is 1. The summed E-state index contributed by atoms with van der Waals surface area (Å²) in [5.74, 6) is 2.36. The molecule has 0 saturated heterocycles. The fourth-order valence-electron chi connectivity index (χ4n) is 0.203. The molecule has 0 rings (SSSR count). The highest BCUT2D eigenvalue weighted by Gasteiger charge is 1.86. The first kappa shape index (κ1) is 6.23. The van der Waals surface area contributed by atoms with Gasteiger partial charge in [-0.05, 0) is 6.92 Å². The lowest BCUT2D eigenvalue weighted by molar-refractivity contribution is -0.116. The number of ketones is 1. The van der Waals surface area contributed by atoms with Crippen molar-refractivity contribution in [3.8, 4) is 12.3 Å². The predicted molar refractivity (Wildman–Crippen MR) is 28.4 cm³/mol. The maximum absolute atomic E-state index is 10.1. The Balaban J connectivity index is 3.02. The Bertz CT molecular complexity index is 97.2. The standard InChI is InChI=1S/C6H7O/c1-3-4-5-6(2)7/h1,4H,5H2,2H3. The van der Waals surface area contributed by atoms with E-state index >= 15 is 0 Å².